The molecule has 0 fully saturated rings. The number of para-hydroxylation sites is 2. The van der Waals surface area contributed by atoms with Crippen molar-refractivity contribution in [1.29, 1.82) is 0 Å². The third-order valence-electron chi connectivity index (χ3n) is 3.79. The Kier molecular flexibility index (Phi) is 4.69. The Morgan fingerprint density at radius 1 is 0.850 bits per heavy atom. The molecule has 1 aromatic heterocycles. The average Bonchev–Trinajstić information content (AvgIpc) is 2.66. The fourth-order valence-electron chi connectivity index (χ4n) is 2.48. The summed E-state index contributed by atoms with van der Waals surface area (Å²) in [5.74, 6) is 1.22. The van der Waals surface area contributed by atoms with E-state index in [1.807, 2.05) is 21.3 Å². The minimum absolute atomic E-state index is 0.146. The third-order valence-corrected chi connectivity index (χ3v) is 3.79. The highest BCUT2D eigenvalue weighted by molar-refractivity contribution is 5.75. The molecule has 0 spiro atoms. The number of aryl methyl sites for hydroxylation is 2. The van der Waals surface area contributed by atoms with Crippen molar-refractivity contribution in [3.05, 3.63) is 34.7 Å². The molecular weight excluding hydrogens is 248 g/mol. The second-order valence-corrected chi connectivity index (χ2v) is 6.44. The second-order valence-electron chi connectivity index (χ2n) is 6.44. The van der Waals surface area contributed by atoms with Gasteiger partial charge in [-0.2, -0.15) is 0 Å². The van der Waals surface area contributed by atoms with Crippen molar-refractivity contribution in [3.63, 3.8) is 0 Å². The summed E-state index contributed by atoms with van der Waals surface area (Å²) in [6.07, 6.45) is 2.08. The van der Waals surface area contributed by atoms with E-state index in [4.69, 9.17) is 0 Å². The Hall–Kier alpha value is -1.51. The lowest BCUT2D eigenvalue weighted by Gasteiger charge is -2.06. The summed E-state index contributed by atoms with van der Waals surface area (Å²) in [6, 6.07) is 8.15. The van der Waals surface area contributed by atoms with Crippen molar-refractivity contribution in [2.24, 2.45) is 11.8 Å². The first-order chi connectivity index (χ1) is 9.50. The number of rotatable bonds is 6. The van der Waals surface area contributed by atoms with E-state index in [2.05, 4.69) is 39.8 Å². The van der Waals surface area contributed by atoms with Crippen LogP contribution in [-0.4, -0.2) is 9.13 Å². The highest BCUT2D eigenvalue weighted by Crippen LogP contribution is 2.15. The summed E-state index contributed by atoms with van der Waals surface area (Å²) < 4.78 is 3.88. The van der Waals surface area contributed by atoms with Gasteiger partial charge >= 0.3 is 5.69 Å². The van der Waals surface area contributed by atoms with Crippen molar-refractivity contribution >= 4 is 11.0 Å². The van der Waals surface area contributed by atoms with E-state index >= 15 is 0 Å². The molecule has 0 N–H and O–H groups in total. The van der Waals surface area contributed by atoms with Crippen LogP contribution in [0.1, 0.15) is 40.5 Å². The van der Waals surface area contributed by atoms with Gasteiger partial charge in [-0.3, -0.25) is 9.13 Å². The number of aromatic nitrogens is 2. The first-order valence-corrected chi connectivity index (χ1v) is 7.68. The SMILES string of the molecule is CC(C)CCn1c(=O)n(CCC(C)C)c2ccccc21. The van der Waals surface area contributed by atoms with Gasteiger partial charge < -0.3 is 0 Å². The van der Waals surface area contributed by atoms with Crippen LogP contribution in [0.4, 0.5) is 0 Å². The quantitative estimate of drug-likeness (QED) is 0.785. The van der Waals surface area contributed by atoms with Crippen molar-refractivity contribution < 1.29 is 0 Å². The molecule has 0 aliphatic heterocycles. The van der Waals surface area contributed by atoms with Gasteiger partial charge in [-0.25, -0.2) is 4.79 Å². The van der Waals surface area contributed by atoms with Crippen LogP contribution < -0.4 is 5.69 Å². The van der Waals surface area contributed by atoms with Crippen LogP contribution in [0.5, 0.6) is 0 Å². The monoisotopic (exact) mass is 274 g/mol. The highest BCUT2D eigenvalue weighted by Gasteiger charge is 2.12. The maximum absolute atomic E-state index is 12.6. The molecule has 0 amide bonds. The maximum atomic E-state index is 12.6. The summed E-state index contributed by atoms with van der Waals surface area (Å²) in [5.41, 5.74) is 2.29. The Balaban J connectivity index is 2.41. The zero-order chi connectivity index (χ0) is 14.7. The lowest BCUT2D eigenvalue weighted by Crippen LogP contribution is -2.25. The van der Waals surface area contributed by atoms with Crippen LogP contribution in [-0.2, 0) is 13.1 Å². The number of benzene rings is 1. The van der Waals surface area contributed by atoms with E-state index in [0.717, 1.165) is 37.0 Å². The van der Waals surface area contributed by atoms with E-state index in [-0.39, 0.29) is 5.69 Å². The molecule has 0 saturated carbocycles. The minimum atomic E-state index is 0.146. The molecule has 3 nitrogen and oxygen atoms in total. The fourth-order valence-corrected chi connectivity index (χ4v) is 2.48. The van der Waals surface area contributed by atoms with Gasteiger partial charge in [-0.15, -0.1) is 0 Å². The van der Waals surface area contributed by atoms with Crippen LogP contribution >= 0.6 is 0 Å². The molecule has 0 atom stereocenters. The van der Waals surface area contributed by atoms with Gasteiger partial charge in [0, 0.05) is 13.1 Å². The summed E-state index contributed by atoms with van der Waals surface area (Å²) in [7, 11) is 0. The van der Waals surface area contributed by atoms with E-state index < -0.39 is 0 Å². The van der Waals surface area contributed by atoms with E-state index in [1.165, 1.54) is 0 Å². The lowest BCUT2D eigenvalue weighted by molar-refractivity contribution is 0.486. The van der Waals surface area contributed by atoms with Gasteiger partial charge in [-0.1, -0.05) is 39.8 Å². The first kappa shape index (κ1) is 14.9. The molecule has 1 aromatic carbocycles. The van der Waals surface area contributed by atoms with Crippen LogP contribution in [0.3, 0.4) is 0 Å². The number of imidazole rings is 1. The van der Waals surface area contributed by atoms with E-state index in [0.29, 0.717) is 11.8 Å². The van der Waals surface area contributed by atoms with E-state index in [9.17, 15) is 4.79 Å². The van der Waals surface area contributed by atoms with Gasteiger partial charge in [0.25, 0.3) is 0 Å². The van der Waals surface area contributed by atoms with Crippen molar-refractivity contribution in [1.82, 2.24) is 9.13 Å². The molecule has 0 aliphatic carbocycles. The molecule has 20 heavy (non-hydrogen) atoms. The second kappa shape index (κ2) is 6.29. The zero-order valence-corrected chi connectivity index (χ0v) is 13.1. The Bertz CT molecular complexity index is 567. The average molecular weight is 274 g/mol. The Morgan fingerprint density at radius 2 is 1.25 bits per heavy atom. The lowest BCUT2D eigenvalue weighted by atomic mass is 10.1. The molecule has 0 aliphatic rings. The van der Waals surface area contributed by atoms with Gasteiger partial charge in [-0.05, 0) is 36.8 Å². The van der Waals surface area contributed by atoms with Crippen LogP contribution in [0.15, 0.2) is 29.1 Å². The van der Waals surface area contributed by atoms with Gasteiger partial charge in [0.1, 0.15) is 0 Å². The minimum Gasteiger partial charge on any atom is -0.292 e. The molecule has 0 radical (unpaired) electrons. The molecular formula is C17H26N2O. The number of nitrogens with zero attached hydrogens (tertiary/aromatic N) is 2. The summed E-state index contributed by atoms with van der Waals surface area (Å²) in [6.45, 7) is 10.4. The maximum Gasteiger partial charge on any atom is 0.329 e. The van der Waals surface area contributed by atoms with Gasteiger partial charge in [0.15, 0.2) is 0 Å². The third kappa shape index (κ3) is 3.14. The topological polar surface area (TPSA) is 26.9 Å². The largest absolute Gasteiger partial charge is 0.329 e. The molecule has 0 unspecified atom stereocenters. The van der Waals surface area contributed by atoms with E-state index in [1.54, 1.807) is 0 Å². The molecule has 1 heterocycles. The number of fused-ring (bicyclic) bond motifs is 1. The Labute approximate surface area is 121 Å². The molecule has 2 rings (SSSR count). The van der Waals surface area contributed by atoms with Crippen molar-refractivity contribution in [2.75, 3.05) is 0 Å². The van der Waals surface area contributed by atoms with Gasteiger partial charge in [0.05, 0.1) is 11.0 Å². The molecule has 110 valence electrons. The first-order valence-electron chi connectivity index (χ1n) is 7.68. The predicted molar refractivity (Wildman–Crippen MR) is 85.1 cm³/mol. The summed E-state index contributed by atoms with van der Waals surface area (Å²) in [4.78, 5) is 12.6. The molecule has 0 saturated heterocycles. The Morgan fingerprint density at radius 3 is 1.60 bits per heavy atom. The van der Waals surface area contributed by atoms with Crippen molar-refractivity contribution in [2.45, 2.75) is 53.6 Å². The van der Waals surface area contributed by atoms with Crippen LogP contribution in [0.2, 0.25) is 0 Å². The van der Waals surface area contributed by atoms with Crippen LogP contribution in [0.25, 0.3) is 11.0 Å². The molecule has 3 heteroatoms. The number of hydrogen-bond donors (Lipinski definition) is 0. The normalized spacial score (nSPS) is 11.9. The summed E-state index contributed by atoms with van der Waals surface area (Å²) >= 11 is 0. The van der Waals surface area contributed by atoms with Crippen LogP contribution in [0, 0.1) is 11.8 Å². The highest BCUT2D eigenvalue weighted by atomic mass is 16.1. The number of hydrogen-bond acceptors (Lipinski definition) is 1. The predicted octanol–water partition coefficient (Wildman–Crippen LogP) is 3.90. The zero-order valence-electron chi connectivity index (χ0n) is 13.1. The molecule has 2 aromatic rings. The van der Waals surface area contributed by atoms with Crippen molar-refractivity contribution in [3.8, 4) is 0 Å². The standard InChI is InChI=1S/C17H26N2O/c1-13(2)9-11-18-15-7-5-6-8-16(15)19(17(18)20)12-10-14(3)4/h5-8,13-14H,9-12H2,1-4H3. The molecule has 0 bridgehead atoms. The summed E-state index contributed by atoms with van der Waals surface area (Å²) in [5, 5.41) is 0. The fraction of sp³-hybridized carbons (Fsp3) is 0.588. The van der Waals surface area contributed by atoms with Gasteiger partial charge in [0.2, 0.25) is 0 Å². The smallest absolute Gasteiger partial charge is 0.292 e.